The number of aliphatic imine (C=N–C) groups is 1. The number of likely N-dealkylation sites (tertiary alicyclic amines) is 1. The number of benzene rings is 1. The third kappa shape index (κ3) is 3.88. The van der Waals surface area contributed by atoms with Crippen LogP contribution in [0, 0.1) is 0 Å². The number of methoxy groups -OCH3 is 1. The van der Waals surface area contributed by atoms with Gasteiger partial charge in [0, 0.05) is 26.7 Å². The fourth-order valence-electron chi connectivity index (χ4n) is 2.37. The summed E-state index contributed by atoms with van der Waals surface area (Å²) in [6.07, 6.45) is 3.55. The first kappa shape index (κ1) is 13.7. The molecule has 0 amide bonds. The van der Waals surface area contributed by atoms with Gasteiger partial charge in [0.15, 0.2) is 5.96 Å². The second-order valence-electron chi connectivity index (χ2n) is 4.77. The number of nitrogens with zero attached hydrogens (tertiary/aromatic N) is 2. The van der Waals surface area contributed by atoms with Crippen molar-refractivity contribution in [3.63, 3.8) is 0 Å². The highest BCUT2D eigenvalue weighted by Gasteiger charge is 2.14. The molecule has 1 fully saturated rings. The molecule has 0 aliphatic carbocycles. The first-order valence-corrected chi connectivity index (χ1v) is 6.92. The summed E-state index contributed by atoms with van der Waals surface area (Å²) >= 11 is 0. The molecule has 0 saturated carbocycles. The maximum atomic E-state index is 5.16. The van der Waals surface area contributed by atoms with Gasteiger partial charge in [-0.25, -0.2) is 0 Å². The van der Waals surface area contributed by atoms with Crippen molar-refractivity contribution >= 4 is 5.96 Å². The molecule has 1 aromatic carbocycles. The molecule has 2 rings (SSSR count). The van der Waals surface area contributed by atoms with Gasteiger partial charge >= 0.3 is 0 Å². The molecular weight excluding hydrogens is 238 g/mol. The normalized spacial score (nSPS) is 15.7. The number of ether oxygens (including phenoxy) is 1. The van der Waals surface area contributed by atoms with Crippen molar-refractivity contribution in [2.75, 3.05) is 33.8 Å². The van der Waals surface area contributed by atoms with Crippen LogP contribution in [0.2, 0.25) is 0 Å². The third-order valence-electron chi connectivity index (χ3n) is 3.47. The van der Waals surface area contributed by atoms with E-state index >= 15 is 0 Å². The van der Waals surface area contributed by atoms with Gasteiger partial charge in [0.2, 0.25) is 0 Å². The van der Waals surface area contributed by atoms with Crippen molar-refractivity contribution < 1.29 is 4.74 Å². The largest absolute Gasteiger partial charge is 0.497 e. The molecule has 1 saturated heterocycles. The van der Waals surface area contributed by atoms with E-state index in [1.807, 2.05) is 19.2 Å². The highest BCUT2D eigenvalue weighted by molar-refractivity contribution is 5.80. The molecule has 0 atom stereocenters. The number of nitrogens with one attached hydrogen (secondary N) is 1. The second-order valence-corrected chi connectivity index (χ2v) is 4.77. The Morgan fingerprint density at radius 3 is 2.53 bits per heavy atom. The van der Waals surface area contributed by atoms with E-state index in [4.69, 9.17) is 4.74 Å². The zero-order chi connectivity index (χ0) is 13.5. The van der Waals surface area contributed by atoms with Gasteiger partial charge in [-0.3, -0.25) is 4.99 Å². The summed E-state index contributed by atoms with van der Waals surface area (Å²) in [5.41, 5.74) is 1.31. The molecule has 1 aromatic rings. The Labute approximate surface area is 115 Å². The Morgan fingerprint density at radius 1 is 1.26 bits per heavy atom. The molecule has 4 nitrogen and oxygen atoms in total. The highest BCUT2D eigenvalue weighted by Crippen LogP contribution is 2.11. The van der Waals surface area contributed by atoms with Crippen molar-refractivity contribution in [3.05, 3.63) is 29.8 Å². The van der Waals surface area contributed by atoms with Crippen molar-refractivity contribution in [3.8, 4) is 5.75 Å². The molecule has 0 bridgehead atoms. The van der Waals surface area contributed by atoms with Crippen LogP contribution in [0.5, 0.6) is 5.75 Å². The quantitative estimate of drug-likeness (QED) is 0.664. The predicted molar refractivity (Wildman–Crippen MR) is 78.9 cm³/mol. The Morgan fingerprint density at radius 2 is 1.95 bits per heavy atom. The predicted octanol–water partition coefficient (Wildman–Crippen LogP) is 1.91. The first-order chi connectivity index (χ1) is 9.33. The molecule has 1 heterocycles. The fraction of sp³-hybridized carbons (Fsp3) is 0.533. The molecular formula is C15H23N3O. The van der Waals surface area contributed by atoms with Gasteiger partial charge in [-0.1, -0.05) is 12.1 Å². The van der Waals surface area contributed by atoms with Crippen LogP contribution in [0.4, 0.5) is 0 Å². The smallest absolute Gasteiger partial charge is 0.193 e. The molecule has 104 valence electrons. The first-order valence-electron chi connectivity index (χ1n) is 6.92. The van der Waals surface area contributed by atoms with Crippen molar-refractivity contribution in [2.24, 2.45) is 4.99 Å². The lowest BCUT2D eigenvalue weighted by Crippen LogP contribution is -2.40. The molecule has 0 radical (unpaired) electrons. The van der Waals surface area contributed by atoms with E-state index in [1.165, 1.54) is 18.4 Å². The molecule has 0 unspecified atom stereocenters. The van der Waals surface area contributed by atoms with Crippen LogP contribution in [-0.4, -0.2) is 44.7 Å². The van der Waals surface area contributed by atoms with Gasteiger partial charge in [-0.15, -0.1) is 0 Å². The minimum absolute atomic E-state index is 0.907. The summed E-state index contributed by atoms with van der Waals surface area (Å²) in [6, 6.07) is 8.23. The Bertz CT molecular complexity index is 408. The number of rotatable bonds is 4. The van der Waals surface area contributed by atoms with Gasteiger partial charge in [0.05, 0.1) is 7.11 Å². The van der Waals surface area contributed by atoms with Crippen LogP contribution in [-0.2, 0) is 6.42 Å². The van der Waals surface area contributed by atoms with E-state index in [9.17, 15) is 0 Å². The minimum Gasteiger partial charge on any atom is -0.497 e. The molecule has 4 heteroatoms. The van der Waals surface area contributed by atoms with E-state index < -0.39 is 0 Å². The molecule has 19 heavy (non-hydrogen) atoms. The Balaban J connectivity index is 1.78. The lowest BCUT2D eigenvalue weighted by molar-refractivity contribution is 0.414. The highest BCUT2D eigenvalue weighted by atomic mass is 16.5. The number of hydrogen-bond acceptors (Lipinski definition) is 2. The molecule has 0 aromatic heterocycles. The maximum absolute atomic E-state index is 5.16. The topological polar surface area (TPSA) is 36.9 Å². The van der Waals surface area contributed by atoms with Crippen molar-refractivity contribution in [2.45, 2.75) is 19.3 Å². The van der Waals surface area contributed by atoms with E-state index in [1.54, 1.807) is 7.11 Å². The van der Waals surface area contributed by atoms with Gasteiger partial charge in [0.1, 0.15) is 5.75 Å². The SMILES string of the molecule is CN=C(NCCc1ccc(OC)cc1)N1CCCC1. The van der Waals surface area contributed by atoms with E-state index in [0.29, 0.717) is 0 Å². The molecule has 1 N–H and O–H groups in total. The lowest BCUT2D eigenvalue weighted by Gasteiger charge is -2.20. The summed E-state index contributed by atoms with van der Waals surface area (Å²) in [7, 11) is 3.55. The Kier molecular flexibility index (Phi) is 5.07. The van der Waals surface area contributed by atoms with Gasteiger partial charge in [0.25, 0.3) is 0 Å². The Hall–Kier alpha value is -1.71. The summed E-state index contributed by atoms with van der Waals surface area (Å²) in [5.74, 6) is 1.94. The van der Waals surface area contributed by atoms with Gasteiger partial charge < -0.3 is 15.0 Å². The summed E-state index contributed by atoms with van der Waals surface area (Å²) in [6.45, 7) is 3.17. The average Bonchev–Trinajstić information content (AvgIpc) is 2.98. The van der Waals surface area contributed by atoms with Crippen LogP contribution < -0.4 is 10.1 Å². The van der Waals surface area contributed by atoms with Gasteiger partial charge in [-0.05, 0) is 37.0 Å². The van der Waals surface area contributed by atoms with Crippen LogP contribution in [0.1, 0.15) is 18.4 Å². The van der Waals surface area contributed by atoms with E-state index in [-0.39, 0.29) is 0 Å². The van der Waals surface area contributed by atoms with E-state index in [0.717, 1.165) is 37.8 Å². The summed E-state index contributed by atoms with van der Waals surface area (Å²) in [5, 5.41) is 3.43. The summed E-state index contributed by atoms with van der Waals surface area (Å²) in [4.78, 5) is 6.67. The van der Waals surface area contributed by atoms with Crippen LogP contribution in [0.25, 0.3) is 0 Å². The number of guanidine groups is 1. The fourth-order valence-corrected chi connectivity index (χ4v) is 2.37. The number of hydrogen-bond donors (Lipinski definition) is 1. The monoisotopic (exact) mass is 261 g/mol. The van der Waals surface area contributed by atoms with Crippen molar-refractivity contribution in [1.82, 2.24) is 10.2 Å². The maximum Gasteiger partial charge on any atom is 0.193 e. The average molecular weight is 261 g/mol. The van der Waals surface area contributed by atoms with Crippen LogP contribution in [0.15, 0.2) is 29.3 Å². The van der Waals surface area contributed by atoms with Gasteiger partial charge in [-0.2, -0.15) is 0 Å². The lowest BCUT2D eigenvalue weighted by atomic mass is 10.1. The third-order valence-corrected chi connectivity index (χ3v) is 3.47. The zero-order valence-corrected chi connectivity index (χ0v) is 11.9. The second kappa shape index (κ2) is 7.02. The molecule has 0 spiro atoms. The zero-order valence-electron chi connectivity index (χ0n) is 11.9. The van der Waals surface area contributed by atoms with Crippen LogP contribution >= 0.6 is 0 Å². The molecule has 1 aliphatic heterocycles. The van der Waals surface area contributed by atoms with E-state index in [2.05, 4.69) is 27.3 Å². The van der Waals surface area contributed by atoms with Crippen molar-refractivity contribution in [1.29, 1.82) is 0 Å². The van der Waals surface area contributed by atoms with Crippen LogP contribution in [0.3, 0.4) is 0 Å². The summed E-state index contributed by atoms with van der Waals surface area (Å²) < 4.78 is 5.16. The molecule has 1 aliphatic rings. The standard InChI is InChI=1S/C15H23N3O/c1-16-15(18-11-3-4-12-18)17-10-9-13-5-7-14(19-2)8-6-13/h5-8H,3-4,9-12H2,1-2H3,(H,16,17). The minimum atomic E-state index is 0.907.